The molecule has 154 valence electrons. The molecule has 1 aliphatic rings. The molecule has 0 aromatic heterocycles. The number of halogens is 1. The highest BCUT2D eigenvalue weighted by Gasteiger charge is 2.42. The molecule has 1 saturated carbocycles. The summed E-state index contributed by atoms with van der Waals surface area (Å²) in [7, 11) is 0. The van der Waals surface area contributed by atoms with Crippen LogP contribution in [-0.2, 0) is 11.2 Å². The van der Waals surface area contributed by atoms with E-state index in [1.807, 2.05) is 19.9 Å². The van der Waals surface area contributed by atoms with E-state index < -0.39 is 5.75 Å². The van der Waals surface area contributed by atoms with Gasteiger partial charge in [-0.1, -0.05) is 49.8 Å². The molecule has 4 nitrogen and oxygen atoms in total. The van der Waals surface area contributed by atoms with Gasteiger partial charge in [0.2, 0.25) is 0 Å². The van der Waals surface area contributed by atoms with E-state index in [4.69, 9.17) is 11.6 Å². The molecule has 0 amide bonds. The fourth-order valence-corrected chi connectivity index (χ4v) is 4.43. The van der Waals surface area contributed by atoms with E-state index in [-0.39, 0.29) is 39.7 Å². The van der Waals surface area contributed by atoms with Crippen molar-refractivity contribution >= 4 is 23.7 Å². The van der Waals surface area contributed by atoms with Crippen LogP contribution in [-0.4, -0.2) is 17.2 Å². The second-order valence-corrected chi connectivity index (χ2v) is 8.89. The number of carbonyl (C=O) groups is 2. The molecule has 0 unspecified atom stereocenters. The SMILES string of the molecule is C/C(=C\Cc1c([O-])c(Cl)c(C)c(C=O)c1O)CC[C@@]1(C)[C@H](C)CCC(=O)[C@@H]1C. The standard InChI is InChI=1S/C23H31ClO4/c1-13(10-11-23(5)14(2)7-9-19(26)16(23)4)6-8-17-21(27)18(12-25)15(3)20(24)22(17)28/h6,12,14,16,27-28H,7-11H2,1-5H3/p-1/b13-6+/t14-,16+,23+/m1/s1. The number of rotatable bonds is 6. The van der Waals surface area contributed by atoms with Crippen LogP contribution in [0.4, 0.5) is 0 Å². The molecule has 1 N–H and O–H groups in total. The molecular formula is C23H30ClO4-. The van der Waals surface area contributed by atoms with Gasteiger partial charge >= 0.3 is 0 Å². The second kappa shape index (κ2) is 8.69. The van der Waals surface area contributed by atoms with Crippen molar-refractivity contribution in [3.8, 4) is 11.5 Å². The fraction of sp³-hybridized carbons (Fsp3) is 0.565. The van der Waals surface area contributed by atoms with Crippen molar-refractivity contribution in [3.63, 3.8) is 0 Å². The van der Waals surface area contributed by atoms with Gasteiger partial charge in [0.25, 0.3) is 0 Å². The summed E-state index contributed by atoms with van der Waals surface area (Å²) in [6.45, 7) is 9.99. The Labute approximate surface area is 172 Å². The van der Waals surface area contributed by atoms with Crippen LogP contribution in [0.25, 0.3) is 0 Å². The monoisotopic (exact) mass is 405 g/mol. The number of ketones is 1. The Bertz CT molecular complexity index is 812. The number of benzene rings is 1. The molecule has 0 radical (unpaired) electrons. The molecule has 0 spiro atoms. The summed E-state index contributed by atoms with van der Waals surface area (Å²) in [5.41, 5.74) is 1.58. The Balaban J connectivity index is 2.17. The van der Waals surface area contributed by atoms with Crippen molar-refractivity contribution in [2.24, 2.45) is 17.3 Å². The average Bonchev–Trinajstić information content (AvgIpc) is 2.66. The van der Waals surface area contributed by atoms with Crippen molar-refractivity contribution in [3.05, 3.63) is 33.4 Å². The topological polar surface area (TPSA) is 77.4 Å². The van der Waals surface area contributed by atoms with Gasteiger partial charge in [-0.25, -0.2) is 0 Å². The highest BCUT2D eigenvalue weighted by Crippen LogP contribution is 2.47. The first-order chi connectivity index (χ1) is 13.0. The predicted octanol–water partition coefficient (Wildman–Crippen LogP) is 5.15. The number of hydrogen-bond acceptors (Lipinski definition) is 4. The number of allylic oxidation sites excluding steroid dienone is 2. The molecule has 0 heterocycles. The number of aromatic hydroxyl groups is 1. The molecule has 1 aliphatic carbocycles. The molecule has 1 aromatic rings. The van der Waals surface area contributed by atoms with E-state index in [0.29, 0.717) is 30.0 Å². The van der Waals surface area contributed by atoms with Crippen LogP contribution in [0.1, 0.15) is 74.9 Å². The zero-order valence-corrected chi connectivity index (χ0v) is 18.2. The lowest BCUT2D eigenvalue weighted by atomic mass is 9.59. The van der Waals surface area contributed by atoms with Crippen LogP contribution in [0.15, 0.2) is 11.6 Å². The Morgan fingerprint density at radius 3 is 2.64 bits per heavy atom. The third-order valence-corrected chi connectivity index (χ3v) is 7.45. The lowest BCUT2D eigenvalue weighted by Crippen LogP contribution is -2.41. The maximum absolute atomic E-state index is 12.4. The Hall–Kier alpha value is -1.81. The van der Waals surface area contributed by atoms with Crippen LogP contribution in [0.3, 0.4) is 0 Å². The van der Waals surface area contributed by atoms with Gasteiger partial charge in [-0.15, -0.1) is 0 Å². The normalized spacial score (nSPS) is 25.8. The van der Waals surface area contributed by atoms with Gasteiger partial charge in [-0.05, 0) is 62.0 Å². The van der Waals surface area contributed by atoms with Crippen molar-refractivity contribution in [2.75, 3.05) is 0 Å². The summed E-state index contributed by atoms with van der Waals surface area (Å²) < 4.78 is 0. The predicted molar refractivity (Wildman–Crippen MR) is 110 cm³/mol. The molecular weight excluding hydrogens is 376 g/mol. The highest BCUT2D eigenvalue weighted by atomic mass is 35.5. The van der Waals surface area contributed by atoms with E-state index >= 15 is 0 Å². The second-order valence-electron chi connectivity index (χ2n) is 8.51. The molecule has 28 heavy (non-hydrogen) atoms. The molecule has 0 saturated heterocycles. The van der Waals surface area contributed by atoms with Gasteiger partial charge in [0.1, 0.15) is 11.5 Å². The Morgan fingerprint density at radius 2 is 2.04 bits per heavy atom. The number of phenolic OH excluding ortho intramolecular Hbond substituents is 1. The zero-order valence-electron chi connectivity index (χ0n) is 17.4. The van der Waals surface area contributed by atoms with Crippen molar-refractivity contribution in [2.45, 2.75) is 66.7 Å². The third-order valence-electron chi connectivity index (χ3n) is 7.00. The van der Waals surface area contributed by atoms with E-state index in [1.165, 1.54) is 0 Å². The van der Waals surface area contributed by atoms with Gasteiger partial charge in [0.15, 0.2) is 6.29 Å². The minimum Gasteiger partial charge on any atom is -0.871 e. The summed E-state index contributed by atoms with van der Waals surface area (Å²) >= 11 is 6.05. The number of Topliss-reactive ketones (excluding diaryl/α,β-unsaturated/α-hetero) is 1. The van der Waals surface area contributed by atoms with E-state index in [2.05, 4.69) is 13.8 Å². The number of hydrogen-bond donors (Lipinski definition) is 1. The fourth-order valence-electron chi connectivity index (χ4n) is 4.21. The van der Waals surface area contributed by atoms with Gasteiger partial charge < -0.3 is 10.2 Å². The minimum atomic E-state index is -0.432. The van der Waals surface area contributed by atoms with Crippen LogP contribution in [0, 0.1) is 24.2 Å². The van der Waals surface area contributed by atoms with Crippen molar-refractivity contribution < 1.29 is 19.8 Å². The van der Waals surface area contributed by atoms with Crippen LogP contribution < -0.4 is 5.11 Å². The van der Waals surface area contributed by atoms with Crippen LogP contribution in [0.2, 0.25) is 5.02 Å². The Morgan fingerprint density at radius 1 is 1.39 bits per heavy atom. The molecule has 0 aliphatic heterocycles. The van der Waals surface area contributed by atoms with Gasteiger partial charge in [-0.3, -0.25) is 9.59 Å². The Kier molecular flexibility index (Phi) is 6.97. The van der Waals surface area contributed by atoms with Crippen molar-refractivity contribution in [1.29, 1.82) is 0 Å². The summed E-state index contributed by atoms with van der Waals surface area (Å²) in [4.78, 5) is 23.4. The lowest BCUT2D eigenvalue weighted by molar-refractivity contribution is -0.269. The summed E-state index contributed by atoms with van der Waals surface area (Å²) in [5.74, 6) is 0.166. The number of phenols is 1. The largest absolute Gasteiger partial charge is 0.871 e. The third kappa shape index (κ3) is 4.12. The molecule has 2 rings (SSSR count). The van der Waals surface area contributed by atoms with Crippen molar-refractivity contribution in [1.82, 2.24) is 0 Å². The summed E-state index contributed by atoms with van der Waals surface area (Å²) in [6, 6.07) is 0. The first-order valence-electron chi connectivity index (χ1n) is 9.89. The van der Waals surface area contributed by atoms with E-state index in [1.54, 1.807) is 6.92 Å². The summed E-state index contributed by atoms with van der Waals surface area (Å²) in [6.07, 6.45) is 5.97. The first kappa shape index (κ1) is 22.5. The van der Waals surface area contributed by atoms with Gasteiger partial charge in [0.05, 0.1) is 5.56 Å². The maximum Gasteiger partial charge on any atom is 0.154 e. The first-order valence-corrected chi connectivity index (χ1v) is 10.3. The minimum absolute atomic E-state index is 0.0168. The zero-order chi connectivity index (χ0) is 21.2. The van der Waals surface area contributed by atoms with E-state index in [9.17, 15) is 19.8 Å². The maximum atomic E-state index is 12.4. The quantitative estimate of drug-likeness (QED) is 0.524. The molecule has 5 heteroatoms. The number of carbonyl (C=O) groups excluding carboxylic acids is 2. The van der Waals surface area contributed by atoms with Crippen LogP contribution in [0.5, 0.6) is 11.5 Å². The molecule has 1 aromatic carbocycles. The van der Waals surface area contributed by atoms with E-state index in [0.717, 1.165) is 24.8 Å². The molecule has 1 fully saturated rings. The summed E-state index contributed by atoms with van der Waals surface area (Å²) in [5, 5.41) is 22.7. The number of aldehydes is 1. The molecule has 3 atom stereocenters. The van der Waals surface area contributed by atoms with Gasteiger partial charge in [0, 0.05) is 17.4 Å². The lowest BCUT2D eigenvalue weighted by Gasteiger charge is -2.44. The smallest absolute Gasteiger partial charge is 0.154 e. The average molecular weight is 406 g/mol. The van der Waals surface area contributed by atoms with Crippen LogP contribution >= 0.6 is 11.6 Å². The molecule has 0 bridgehead atoms. The highest BCUT2D eigenvalue weighted by molar-refractivity contribution is 6.33. The van der Waals surface area contributed by atoms with Gasteiger partial charge in [-0.2, -0.15) is 0 Å².